The first-order valence-electron chi connectivity index (χ1n) is 3.17. The second-order valence-electron chi connectivity index (χ2n) is 2.03. The first kappa shape index (κ1) is 9.65. The molecule has 0 saturated heterocycles. The third kappa shape index (κ3) is 4.52. The maximum atomic E-state index is 10.7. The summed E-state index contributed by atoms with van der Waals surface area (Å²) in [7, 11) is -2.98. The van der Waals surface area contributed by atoms with Crippen molar-refractivity contribution >= 4 is 9.84 Å². The van der Waals surface area contributed by atoms with Crippen LogP contribution in [0.1, 0.15) is 12.8 Å². The molecule has 0 amide bonds. The summed E-state index contributed by atoms with van der Waals surface area (Å²) in [6, 6.07) is 0. The van der Waals surface area contributed by atoms with E-state index in [4.69, 9.17) is 5.73 Å². The molecule has 2 N–H and O–H groups in total. The van der Waals surface area contributed by atoms with E-state index in [1.165, 1.54) is 0 Å². The van der Waals surface area contributed by atoms with Crippen molar-refractivity contribution in [2.45, 2.75) is 12.8 Å². The molecule has 10 heavy (non-hydrogen) atoms. The molecule has 0 saturated carbocycles. The predicted molar refractivity (Wildman–Crippen MR) is 42.3 cm³/mol. The second kappa shape index (κ2) is 4.46. The molecule has 0 heterocycles. The molecule has 0 aromatic carbocycles. The highest BCUT2D eigenvalue weighted by molar-refractivity contribution is 7.94. The van der Waals surface area contributed by atoms with E-state index in [1.54, 1.807) is 0 Å². The quantitative estimate of drug-likeness (QED) is 0.592. The fourth-order valence-corrected chi connectivity index (χ4v) is 1.30. The third-order valence-electron chi connectivity index (χ3n) is 1.14. The standard InChI is InChI=1S/C6H13NO2S/c1-2-10(8,9)6-4-3-5-7/h2H,1,3-7H2. The van der Waals surface area contributed by atoms with Crippen LogP contribution >= 0.6 is 0 Å². The Morgan fingerprint density at radius 1 is 1.40 bits per heavy atom. The largest absolute Gasteiger partial charge is 0.330 e. The van der Waals surface area contributed by atoms with Crippen LogP contribution in [0.15, 0.2) is 12.0 Å². The smallest absolute Gasteiger partial charge is 0.171 e. The summed E-state index contributed by atoms with van der Waals surface area (Å²) < 4.78 is 21.4. The summed E-state index contributed by atoms with van der Waals surface area (Å²) in [6.07, 6.45) is 1.39. The number of rotatable bonds is 5. The summed E-state index contributed by atoms with van der Waals surface area (Å²) in [5, 5.41) is 0.990. The van der Waals surface area contributed by atoms with E-state index in [1.807, 2.05) is 0 Å². The van der Waals surface area contributed by atoms with Gasteiger partial charge in [-0.15, -0.1) is 0 Å². The Balaban J connectivity index is 3.59. The van der Waals surface area contributed by atoms with Crippen LogP contribution in [-0.2, 0) is 9.84 Å². The van der Waals surface area contributed by atoms with Gasteiger partial charge in [-0.05, 0) is 19.4 Å². The van der Waals surface area contributed by atoms with E-state index >= 15 is 0 Å². The molecule has 0 spiro atoms. The van der Waals surface area contributed by atoms with Gasteiger partial charge in [-0.1, -0.05) is 6.58 Å². The Kier molecular flexibility index (Phi) is 4.31. The molecule has 0 aliphatic rings. The molecule has 3 nitrogen and oxygen atoms in total. The molecule has 0 aliphatic carbocycles. The summed E-state index contributed by atoms with van der Waals surface area (Å²) in [6.45, 7) is 3.74. The minimum Gasteiger partial charge on any atom is -0.330 e. The van der Waals surface area contributed by atoms with Crippen molar-refractivity contribution in [3.05, 3.63) is 12.0 Å². The van der Waals surface area contributed by atoms with Crippen molar-refractivity contribution in [1.82, 2.24) is 0 Å². The number of hydrogen-bond donors (Lipinski definition) is 1. The van der Waals surface area contributed by atoms with Crippen molar-refractivity contribution in [3.8, 4) is 0 Å². The maximum Gasteiger partial charge on any atom is 0.171 e. The van der Waals surface area contributed by atoms with E-state index in [9.17, 15) is 8.42 Å². The van der Waals surface area contributed by atoms with Crippen molar-refractivity contribution in [1.29, 1.82) is 0 Å². The normalized spacial score (nSPS) is 11.3. The lowest BCUT2D eigenvalue weighted by Crippen LogP contribution is -2.05. The maximum absolute atomic E-state index is 10.7. The molecule has 0 aromatic rings. The van der Waals surface area contributed by atoms with Crippen LogP contribution in [0.3, 0.4) is 0 Å². The van der Waals surface area contributed by atoms with Crippen LogP contribution in [0.2, 0.25) is 0 Å². The topological polar surface area (TPSA) is 60.2 Å². The Bertz CT molecular complexity index is 184. The van der Waals surface area contributed by atoms with Crippen molar-refractivity contribution < 1.29 is 8.42 Å². The van der Waals surface area contributed by atoms with E-state index < -0.39 is 9.84 Å². The van der Waals surface area contributed by atoms with Gasteiger partial charge in [-0.3, -0.25) is 0 Å². The van der Waals surface area contributed by atoms with E-state index in [0.717, 1.165) is 11.8 Å². The zero-order valence-electron chi connectivity index (χ0n) is 5.91. The van der Waals surface area contributed by atoms with Gasteiger partial charge in [0.25, 0.3) is 0 Å². The fourth-order valence-electron chi connectivity index (χ4n) is 0.531. The van der Waals surface area contributed by atoms with Crippen LogP contribution < -0.4 is 5.73 Å². The molecular formula is C6H13NO2S. The summed E-state index contributed by atoms with van der Waals surface area (Å²) in [5.41, 5.74) is 5.18. The SMILES string of the molecule is C=CS(=O)(=O)CCCCN. The summed E-state index contributed by atoms with van der Waals surface area (Å²) in [4.78, 5) is 0. The minimum absolute atomic E-state index is 0.174. The highest BCUT2D eigenvalue weighted by Gasteiger charge is 2.02. The lowest BCUT2D eigenvalue weighted by molar-refractivity contribution is 0.600. The van der Waals surface area contributed by atoms with Gasteiger partial charge in [0.1, 0.15) is 0 Å². The van der Waals surface area contributed by atoms with Crippen LogP contribution in [-0.4, -0.2) is 20.7 Å². The number of sulfone groups is 1. The van der Waals surface area contributed by atoms with Crippen molar-refractivity contribution in [3.63, 3.8) is 0 Å². The molecule has 0 bridgehead atoms. The van der Waals surface area contributed by atoms with Crippen molar-refractivity contribution in [2.75, 3.05) is 12.3 Å². The number of nitrogens with two attached hydrogens (primary N) is 1. The van der Waals surface area contributed by atoms with Gasteiger partial charge in [0.15, 0.2) is 9.84 Å². The number of hydrogen-bond acceptors (Lipinski definition) is 3. The van der Waals surface area contributed by atoms with Crippen LogP contribution in [0, 0.1) is 0 Å². The van der Waals surface area contributed by atoms with Crippen molar-refractivity contribution in [2.24, 2.45) is 5.73 Å². The predicted octanol–water partition coefficient (Wildman–Crippen LogP) is 0.284. The molecule has 0 aromatic heterocycles. The average molecular weight is 163 g/mol. The van der Waals surface area contributed by atoms with E-state index in [2.05, 4.69) is 6.58 Å². The second-order valence-corrected chi connectivity index (χ2v) is 4.10. The summed E-state index contributed by atoms with van der Waals surface area (Å²) in [5.74, 6) is 0.174. The Labute approximate surface area is 61.8 Å². The molecule has 0 rings (SSSR count). The van der Waals surface area contributed by atoms with Gasteiger partial charge in [-0.25, -0.2) is 8.42 Å². The third-order valence-corrected chi connectivity index (χ3v) is 2.50. The minimum atomic E-state index is -2.98. The van der Waals surface area contributed by atoms with Gasteiger partial charge in [0, 0.05) is 5.41 Å². The molecule has 0 atom stereocenters. The highest BCUT2D eigenvalue weighted by atomic mass is 32.2. The lowest BCUT2D eigenvalue weighted by atomic mass is 10.3. The Hall–Kier alpha value is -0.350. The molecule has 60 valence electrons. The highest BCUT2D eigenvalue weighted by Crippen LogP contribution is 1.96. The summed E-state index contributed by atoms with van der Waals surface area (Å²) >= 11 is 0. The first-order chi connectivity index (χ1) is 4.62. The van der Waals surface area contributed by atoms with E-state index in [0.29, 0.717) is 13.0 Å². The number of unbranched alkanes of at least 4 members (excludes halogenated alkanes) is 1. The average Bonchev–Trinajstić information content (AvgIpc) is 1.89. The first-order valence-corrected chi connectivity index (χ1v) is 4.89. The zero-order chi connectivity index (χ0) is 8.04. The lowest BCUT2D eigenvalue weighted by Gasteiger charge is -1.95. The van der Waals surface area contributed by atoms with Gasteiger partial charge in [-0.2, -0.15) is 0 Å². The fraction of sp³-hybridized carbons (Fsp3) is 0.667. The zero-order valence-corrected chi connectivity index (χ0v) is 6.73. The molecule has 0 unspecified atom stereocenters. The van der Waals surface area contributed by atoms with Gasteiger partial charge >= 0.3 is 0 Å². The monoisotopic (exact) mass is 163 g/mol. The van der Waals surface area contributed by atoms with Crippen LogP contribution in [0.25, 0.3) is 0 Å². The van der Waals surface area contributed by atoms with Gasteiger partial charge in [0.05, 0.1) is 5.75 Å². The Morgan fingerprint density at radius 2 is 2.00 bits per heavy atom. The molecule has 4 heteroatoms. The Morgan fingerprint density at radius 3 is 2.40 bits per heavy atom. The molecular weight excluding hydrogens is 150 g/mol. The van der Waals surface area contributed by atoms with Gasteiger partial charge in [0.2, 0.25) is 0 Å². The van der Waals surface area contributed by atoms with E-state index in [-0.39, 0.29) is 5.75 Å². The molecule has 0 aliphatic heterocycles. The van der Waals surface area contributed by atoms with Gasteiger partial charge < -0.3 is 5.73 Å². The van der Waals surface area contributed by atoms with Crippen LogP contribution in [0.4, 0.5) is 0 Å². The molecule has 0 radical (unpaired) electrons. The van der Waals surface area contributed by atoms with Crippen LogP contribution in [0.5, 0.6) is 0 Å². The molecule has 0 fully saturated rings.